The van der Waals surface area contributed by atoms with Crippen molar-refractivity contribution < 1.29 is 43.1 Å². The number of aliphatic carboxylic acids is 1. The molecule has 3 aliphatic heterocycles. The summed E-state index contributed by atoms with van der Waals surface area (Å²) in [7, 11) is 4.87. The molecule has 13 nitrogen and oxygen atoms in total. The van der Waals surface area contributed by atoms with E-state index >= 15 is 0 Å². The summed E-state index contributed by atoms with van der Waals surface area (Å²) in [5.74, 6) is -1.35. The Morgan fingerprint density at radius 2 is 2.02 bits per heavy atom. The van der Waals surface area contributed by atoms with Crippen LogP contribution in [0.25, 0.3) is 0 Å². The normalized spacial score (nSPS) is 21.4. The fourth-order valence-electron chi connectivity index (χ4n) is 6.57. The number of nitrogens with zero attached hydrogens (tertiary/aromatic N) is 5. The van der Waals surface area contributed by atoms with Gasteiger partial charge in [0, 0.05) is 57.7 Å². The number of likely N-dealkylation sites (tertiary alicyclic amines) is 1. The standard InChI is InChI=1S/C32H41N5O8/c1-5-6-12-37(22-8-7-11-33(2)17-22)28(39)19-36-18-23(21-15-25(43-4)30-26(16-21)44-20-45-30)29(31(40)41)24(36)9-13-35-14-10-27(38)34(3)32(35)42/h7-8,11,15-17,23-24,29H,5-6,9-10,12-14,18-20H2,1-4H3/p+1/t23-,24+,29-/m1/s1. The fraction of sp³-hybridized carbons (Fsp3) is 0.531. The van der Waals surface area contributed by atoms with Gasteiger partial charge >= 0.3 is 12.0 Å². The van der Waals surface area contributed by atoms with Crippen molar-refractivity contribution in [2.45, 2.75) is 44.6 Å². The molecule has 1 aromatic heterocycles. The van der Waals surface area contributed by atoms with Gasteiger partial charge in [-0.3, -0.25) is 24.2 Å². The Bertz CT molecular complexity index is 1450. The Labute approximate surface area is 262 Å². The van der Waals surface area contributed by atoms with Gasteiger partial charge in [-0.05, 0) is 36.6 Å². The summed E-state index contributed by atoms with van der Waals surface area (Å²) in [5, 5.41) is 10.6. The van der Waals surface area contributed by atoms with Crippen LogP contribution < -0.4 is 23.7 Å². The van der Waals surface area contributed by atoms with Gasteiger partial charge in [0.05, 0.1) is 19.6 Å². The van der Waals surface area contributed by atoms with Crippen LogP contribution in [-0.2, 0) is 21.4 Å². The maximum Gasteiger partial charge on any atom is 0.326 e. The number of pyridine rings is 1. The van der Waals surface area contributed by atoms with Gasteiger partial charge in [0.1, 0.15) is 12.7 Å². The summed E-state index contributed by atoms with van der Waals surface area (Å²) in [6, 6.07) is 6.39. The quantitative estimate of drug-likeness (QED) is 0.353. The first-order valence-electron chi connectivity index (χ1n) is 15.4. The molecule has 2 saturated heterocycles. The Kier molecular flexibility index (Phi) is 9.76. The number of carbonyl (C=O) groups is 4. The third-order valence-corrected chi connectivity index (χ3v) is 8.97. The van der Waals surface area contributed by atoms with Gasteiger partial charge < -0.3 is 29.1 Å². The highest BCUT2D eigenvalue weighted by molar-refractivity contribution is 5.96. The molecule has 5 rings (SSSR count). The number of carboxylic acid groups (broad SMARTS) is 1. The lowest BCUT2D eigenvalue weighted by molar-refractivity contribution is -0.670. The second kappa shape index (κ2) is 13.7. The number of amides is 4. The van der Waals surface area contributed by atoms with E-state index < -0.39 is 29.9 Å². The molecule has 2 fully saturated rings. The van der Waals surface area contributed by atoms with Crippen LogP contribution in [0.4, 0.5) is 10.5 Å². The summed E-state index contributed by atoms with van der Waals surface area (Å²) in [5.41, 5.74) is 1.48. The first kappa shape index (κ1) is 32.0. The number of unbranched alkanes of at least 4 members (excludes halogenated alkanes) is 1. The van der Waals surface area contributed by atoms with Gasteiger partial charge in [-0.2, -0.15) is 0 Å². The summed E-state index contributed by atoms with van der Waals surface area (Å²) in [6.07, 6.45) is 6.04. The number of fused-ring (bicyclic) bond motifs is 1. The number of hydrogen-bond acceptors (Lipinski definition) is 8. The number of aryl methyl sites for hydroxylation is 1. The molecule has 0 radical (unpaired) electrons. The van der Waals surface area contributed by atoms with Crippen molar-refractivity contribution in [3.63, 3.8) is 0 Å². The molecule has 3 atom stereocenters. The highest BCUT2D eigenvalue weighted by Gasteiger charge is 2.48. The number of anilines is 1. The SMILES string of the molecule is CCCCN(C(=O)CN1C[C@H](c2cc(OC)c3c(c2)OCO3)[C@@H](C(=O)O)[C@@H]1CCN1CCC(=O)N(C)C1=O)c1ccc[n+](C)c1. The lowest BCUT2D eigenvalue weighted by Gasteiger charge is -2.34. The number of benzene rings is 1. The number of rotatable bonds is 12. The van der Waals surface area contributed by atoms with Crippen LogP contribution >= 0.6 is 0 Å². The molecule has 0 bridgehead atoms. The molecule has 0 saturated carbocycles. The minimum absolute atomic E-state index is 0.00128. The van der Waals surface area contributed by atoms with Crippen LogP contribution in [0, 0.1) is 5.92 Å². The lowest BCUT2D eigenvalue weighted by atomic mass is 9.84. The molecule has 45 heavy (non-hydrogen) atoms. The zero-order valence-corrected chi connectivity index (χ0v) is 26.3. The maximum atomic E-state index is 14.0. The monoisotopic (exact) mass is 624 g/mol. The zero-order chi connectivity index (χ0) is 32.2. The molecular weight excluding hydrogens is 582 g/mol. The Morgan fingerprint density at radius 3 is 2.73 bits per heavy atom. The Hall–Kier alpha value is -4.39. The van der Waals surface area contributed by atoms with Gasteiger partial charge in [0.2, 0.25) is 24.4 Å². The second-order valence-electron chi connectivity index (χ2n) is 11.8. The van der Waals surface area contributed by atoms with Crippen molar-refractivity contribution in [3.05, 3.63) is 42.2 Å². The van der Waals surface area contributed by atoms with E-state index in [0.717, 1.165) is 23.4 Å². The molecule has 0 unspecified atom stereocenters. The third-order valence-electron chi connectivity index (χ3n) is 8.97. The van der Waals surface area contributed by atoms with Gasteiger partial charge in [-0.25, -0.2) is 9.36 Å². The van der Waals surface area contributed by atoms with Gasteiger partial charge in [-0.1, -0.05) is 13.3 Å². The van der Waals surface area contributed by atoms with Gasteiger partial charge in [-0.15, -0.1) is 0 Å². The minimum Gasteiger partial charge on any atom is -0.493 e. The van der Waals surface area contributed by atoms with E-state index in [1.54, 1.807) is 21.9 Å². The van der Waals surface area contributed by atoms with E-state index in [9.17, 15) is 24.3 Å². The van der Waals surface area contributed by atoms with E-state index in [0.29, 0.717) is 42.3 Å². The largest absolute Gasteiger partial charge is 0.493 e. The highest BCUT2D eigenvalue weighted by Crippen LogP contribution is 2.47. The third kappa shape index (κ3) is 6.68. The molecule has 1 aromatic carbocycles. The summed E-state index contributed by atoms with van der Waals surface area (Å²) in [6.45, 7) is 3.46. The van der Waals surface area contributed by atoms with E-state index in [1.807, 2.05) is 41.0 Å². The van der Waals surface area contributed by atoms with E-state index in [2.05, 4.69) is 6.92 Å². The number of hydrogen-bond donors (Lipinski definition) is 1. The summed E-state index contributed by atoms with van der Waals surface area (Å²) < 4.78 is 18.6. The van der Waals surface area contributed by atoms with Crippen molar-refractivity contribution >= 4 is 29.5 Å². The van der Waals surface area contributed by atoms with Crippen molar-refractivity contribution in [1.29, 1.82) is 0 Å². The molecule has 4 heterocycles. The number of imide groups is 1. The van der Waals surface area contributed by atoms with Crippen molar-refractivity contribution in [3.8, 4) is 17.2 Å². The summed E-state index contributed by atoms with van der Waals surface area (Å²) >= 11 is 0. The predicted molar refractivity (Wildman–Crippen MR) is 162 cm³/mol. The Morgan fingerprint density at radius 1 is 1.22 bits per heavy atom. The van der Waals surface area contributed by atoms with Crippen LogP contribution in [0.3, 0.4) is 0 Å². The Balaban J connectivity index is 1.46. The maximum absolute atomic E-state index is 14.0. The van der Waals surface area contributed by atoms with Crippen LogP contribution in [0.1, 0.15) is 44.1 Å². The van der Waals surface area contributed by atoms with Crippen LogP contribution in [0.15, 0.2) is 36.7 Å². The van der Waals surface area contributed by atoms with Crippen LogP contribution in [0.2, 0.25) is 0 Å². The first-order valence-corrected chi connectivity index (χ1v) is 15.4. The molecule has 0 spiro atoms. The van der Waals surface area contributed by atoms with E-state index in [1.165, 1.54) is 14.2 Å². The molecule has 13 heteroatoms. The molecular formula is C32H42N5O8+. The van der Waals surface area contributed by atoms with Crippen molar-refractivity contribution in [1.82, 2.24) is 14.7 Å². The fourth-order valence-corrected chi connectivity index (χ4v) is 6.57. The van der Waals surface area contributed by atoms with E-state index in [-0.39, 0.29) is 44.7 Å². The zero-order valence-electron chi connectivity index (χ0n) is 26.3. The highest BCUT2D eigenvalue weighted by atomic mass is 16.7. The number of carbonyl (C=O) groups excluding carboxylic acids is 3. The van der Waals surface area contributed by atoms with Crippen molar-refractivity contribution in [2.75, 3.05) is 58.6 Å². The smallest absolute Gasteiger partial charge is 0.326 e. The lowest BCUT2D eigenvalue weighted by Crippen LogP contribution is -2.52. The van der Waals surface area contributed by atoms with Crippen LogP contribution in [0.5, 0.6) is 17.2 Å². The van der Waals surface area contributed by atoms with Gasteiger partial charge in [0.25, 0.3) is 0 Å². The molecule has 3 aliphatic rings. The van der Waals surface area contributed by atoms with E-state index in [4.69, 9.17) is 14.2 Å². The number of carboxylic acids is 1. The predicted octanol–water partition coefficient (Wildman–Crippen LogP) is 2.22. The molecule has 1 N–H and O–H groups in total. The minimum atomic E-state index is -0.994. The topological polar surface area (TPSA) is 133 Å². The van der Waals surface area contributed by atoms with Gasteiger partial charge in [0.15, 0.2) is 23.9 Å². The molecule has 4 amide bonds. The number of ether oxygens (including phenoxy) is 3. The number of aromatic nitrogens is 1. The molecule has 242 valence electrons. The summed E-state index contributed by atoms with van der Waals surface area (Å²) in [4.78, 5) is 58.3. The number of methoxy groups -OCH3 is 1. The average molecular weight is 625 g/mol. The second-order valence-corrected chi connectivity index (χ2v) is 11.8. The molecule has 2 aromatic rings. The first-order chi connectivity index (χ1) is 21.6. The molecule has 0 aliphatic carbocycles. The van der Waals surface area contributed by atoms with Crippen molar-refractivity contribution in [2.24, 2.45) is 13.0 Å². The number of urea groups is 1. The average Bonchev–Trinajstić information content (AvgIpc) is 3.64. The van der Waals surface area contributed by atoms with Crippen LogP contribution in [-0.4, -0.2) is 103 Å².